The Kier molecular flexibility index (Phi) is 9.28. The summed E-state index contributed by atoms with van der Waals surface area (Å²) in [5, 5.41) is 5.43. The summed E-state index contributed by atoms with van der Waals surface area (Å²) in [4.78, 5) is 27.4. The number of rotatable bonds is 11. The highest BCUT2D eigenvalue weighted by Gasteiger charge is 2.19. The lowest BCUT2D eigenvalue weighted by atomic mass is 10.0. The van der Waals surface area contributed by atoms with Crippen molar-refractivity contribution in [1.82, 2.24) is 9.78 Å². The second-order valence-electron chi connectivity index (χ2n) is 9.46. The van der Waals surface area contributed by atoms with E-state index in [9.17, 15) is 9.59 Å². The minimum atomic E-state index is -0.392. The van der Waals surface area contributed by atoms with E-state index >= 15 is 0 Å². The van der Waals surface area contributed by atoms with Gasteiger partial charge in [0.15, 0.2) is 0 Å². The van der Waals surface area contributed by atoms with Crippen LogP contribution in [0.4, 0.5) is 5.69 Å². The first kappa shape index (κ1) is 27.8. The number of nitrogens with zero attached hydrogens (tertiary/aromatic N) is 3. The maximum absolute atomic E-state index is 13.8. The third-order valence-corrected chi connectivity index (χ3v) is 6.60. The fourth-order valence-corrected chi connectivity index (χ4v) is 4.41. The van der Waals surface area contributed by atoms with Crippen molar-refractivity contribution in [2.75, 3.05) is 25.2 Å². The van der Waals surface area contributed by atoms with Gasteiger partial charge in [0.2, 0.25) is 0 Å². The number of ether oxygens (including phenoxy) is 2. The number of hydrogen-bond donors (Lipinski definition) is 0. The molecule has 0 radical (unpaired) electrons. The summed E-state index contributed by atoms with van der Waals surface area (Å²) >= 11 is 0. The molecule has 202 valence electrons. The molecule has 0 aliphatic rings. The lowest BCUT2D eigenvalue weighted by Gasteiger charge is -2.24. The van der Waals surface area contributed by atoms with E-state index < -0.39 is 5.97 Å². The molecule has 0 aliphatic carbocycles. The Morgan fingerprint density at radius 1 is 1.00 bits per heavy atom. The van der Waals surface area contributed by atoms with E-state index in [2.05, 4.69) is 30.2 Å². The lowest BCUT2D eigenvalue weighted by molar-refractivity contribution is -0.115. The second-order valence-corrected chi connectivity index (χ2v) is 9.46. The van der Waals surface area contributed by atoms with Crippen LogP contribution >= 0.6 is 0 Å². The first-order chi connectivity index (χ1) is 18.9. The number of methoxy groups -OCH3 is 1. The second kappa shape index (κ2) is 13.0. The van der Waals surface area contributed by atoms with Gasteiger partial charge in [-0.2, -0.15) is 5.10 Å². The van der Waals surface area contributed by atoms with E-state index in [1.165, 1.54) is 7.11 Å². The third kappa shape index (κ3) is 6.81. The highest BCUT2D eigenvalue weighted by molar-refractivity contribution is 6.05. The van der Waals surface area contributed by atoms with Crippen LogP contribution in [0.5, 0.6) is 0 Å². The smallest absolute Gasteiger partial charge is 0.337 e. The van der Waals surface area contributed by atoms with E-state index in [1.54, 1.807) is 17.0 Å². The molecule has 0 unspecified atom stereocenters. The molecule has 1 aromatic heterocycles. The average Bonchev–Trinajstić information content (AvgIpc) is 3.35. The van der Waals surface area contributed by atoms with Crippen molar-refractivity contribution in [1.29, 1.82) is 0 Å². The van der Waals surface area contributed by atoms with E-state index in [0.717, 1.165) is 39.7 Å². The molecule has 1 amide bonds. The molecule has 0 saturated carbocycles. The number of amides is 1. The van der Waals surface area contributed by atoms with E-state index in [1.807, 2.05) is 67.3 Å². The SMILES string of the molecule is CCCOCC/C=C(/C)C(=O)N(Cc1ccc(C(=O)OC)cc1)c1cccc(-c2ccc3cnn(C)c3c2)c1. The number of esters is 1. The van der Waals surface area contributed by atoms with Gasteiger partial charge in [-0.3, -0.25) is 9.48 Å². The van der Waals surface area contributed by atoms with Crippen molar-refractivity contribution in [3.63, 3.8) is 0 Å². The molecule has 0 spiro atoms. The number of carbonyl (C=O) groups excluding carboxylic acids is 2. The first-order valence-corrected chi connectivity index (χ1v) is 13.2. The van der Waals surface area contributed by atoms with Crippen molar-refractivity contribution in [2.24, 2.45) is 7.05 Å². The summed E-state index contributed by atoms with van der Waals surface area (Å²) in [6.45, 7) is 5.56. The number of fused-ring (bicyclic) bond motifs is 1. The minimum Gasteiger partial charge on any atom is -0.465 e. The Labute approximate surface area is 229 Å². The fraction of sp³-hybridized carbons (Fsp3) is 0.281. The number of aryl methyl sites for hydroxylation is 1. The Balaban J connectivity index is 1.65. The molecule has 0 atom stereocenters. The number of benzene rings is 3. The van der Waals surface area contributed by atoms with Crippen molar-refractivity contribution in [3.05, 3.63) is 95.7 Å². The van der Waals surface area contributed by atoms with Gasteiger partial charge in [0.25, 0.3) is 5.91 Å². The first-order valence-electron chi connectivity index (χ1n) is 13.2. The molecular weight excluding hydrogens is 490 g/mol. The molecule has 4 rings (SSSR count). The normalized spacial score (nSPS) is 11.5. The van der Waals surface area contributed by atoms with Gasteiger partial charge in [0, 0.05) is 30.3 Å². The van der Waals surface area contributed by atoms with Gasteiger partial charge < -0.3 is 14.4 Å². The molecule has 3 aromatic carbocycles. The molecule has 7 nitrogen and oxygen atoms in total. The van der Waals surface area contributed by atoms with E-state index in [-0.39, 0.29) is 5.91 Å². The quantitative estimate of drug-likeness (QED) is 0.130. The maximum atomic E-state index is 13.8. The number of hydrogen-bond acceptors (Lipinski definition) is 5. The van der Waals surface area contributed by atoms with Gasteiger partial charge in [0.1, 0.15) is 0 Å². The zero-order chi connectivity index (χ0) is 27.8. The lowest BCUT2D eigenvalue weighted by Crippen LogP contribution is -2.31. The number of aromatic nitrogens is 2. The molecular formula is C32H35N3O4. The molecule has 1 heterocycles. The van der Waals surface area contributed by atoms with Crippen molar-refractivity contribution in [2.45, 2.75) is 33.2 Å². The average molecular weight is 526 g/mol. The molecule has 0 N–H and O–H groups in total. The molecule has 0 aliphatic heterocycles. The van der Waals surface area contributed by atoms with Crippen LogP contribution in [0, 0.1) is 0 Å². The summed E-state index contributed by atoms with van der Waals surface area (Å²) in [7, 11) is 3.29. The van der Waals surface area contributed by atoms with Crippen LogP contribution in [0.3, 0.4) is 0 Å². The Morgan fingerprint density at radius 3 is 2.51 bits per heavy atom. The van der Waals surface area contributed by atoms with Crippen LogP contribution < -0.4 is 4.90 Å². The highest BCUT2D eigenvalue weighted by atomic mass is 16.5. The van der Waals surface area contributed by atoms with Crippen LogP contribution in [0.25, 0.3) is 22.0 Å². The molecule has 39 heavy (non-hydrogen) atoms. The van der Waals surface area contributed by atoms with Crippen molar-refractivity contribution in [3.8, 4) is 11.1 Å². The van der Waals surface area contributed by atoms with Gasteiger partial charge in [-0.25, -0.2) is 4.79 Å². The van der Waals surface area contributed by atoms with Crippen molar-refractivity contribution < 1.29 is 19.1 Å². The fourth-order valence-electron chi connectivity index (χ4n) is 4.41. The van der Waals surface area contributed by atoms with Crippen LogP contribution in [0.1, 0.15) is 42.6 Å². The molecule has 0 bridgehead atoms. The zero-order valence-electron chi connectivity index (χ0n) is 23.0. The standard InChI is InChI=1S/C32H35N3O4/c1-5-17-39-18-7-8-23(2)31(36)35(22-24-11-13-25(14-12-24)32(37)38-4)29-10-6-9-26(19-29)27-15-16-28-21-33-34(3)30(28)20-27/h6,8-16,19-21H,5,7,17-18,22H2,1-4H3/b23-8-. The predicted molar refractivity (Wildman–Crippen MR) is 155 cm³/mol. The van der Waals surface area contributed by atoms with Gasteiger partial charge >= 0.3 is 5.97 Å². The predicted octanol–water partition coefficient (Wildman–Crippen LogP) is 6.32. The maximum Gasteiger partial charge on any atom is 0.337 e. The third-order valence-electron chi connectivity index (χ3n) is 6.60. The number of carbonyl (C=O) groups is 2. The van der Waals surface area contributed by atoms with Crippen molar-refractivity contribution >= 4 is 28.5 Å². The largest absolute Gasteiger partial charge is 0.465 e. The summed E-state index contributed by atoms with van der Waals surface area (Å²) < 4.78 is 12.2. The van der Waals surface area contributed by atoms with Crippen LogP contribution in [0.2, 0.25) is 0 Å². The summed E-state index contributed by atoms with van der Waals surface area (Å²) in [6, 6.07) is 21.4. The molecule has 0 saturated heterocycles. The molecule has 4 aromatic rings. The zero-order valence-corrected chi connectivity index (χ0v) is 23.0. The monoisotopic (exact) mass is 525 g/mol. The Morgan fingerprint density at radius 2 is 1.77 bits per heavy atom. The minimum absolute atomic E-state index is 0.0817. The molecule has 7 heteroatoms. The summed E-state index contributed by atoms with van der Waals surface area (Å²) in [5.41, 5.74) is 5.90. The Bertz CT molecular complexity index is 1470. The van der Waals surface area contributed by atoms with Crippen LogP contribution in [0.15, 0.2) is 84.6 Å². The highest BCUT2D eigenvalue weighted by Crippen LogP contribution is 2.29. The van der Waals surface area contributed by atoms with Gasteiger partial charge in [-0.1, -0.05) is 49.4 Å². The van der Waals surface area contributed by atoms with E-state index in [4.69, 9.17) is 9.47 Å². The van der Waals surface area contributed by atoms with Gasteiger partial charge in [-0.15, -0.1) is 0 Å². The van der Waals surface area contributed by atoms with Gasteiger partial charge in [-0.05, 0) is 66.8 Å². The topological polar surface area (TPSA) is 73.7 Å². The summed E-state index contributed by atoms with van der Waals surface area (Å²) in [6.07, 6.45) is 5.42. The van der Waals surface area contributed by atoms with Crippen LogP contribution in [-0.4, -0.2) is 42.0 Å². The van der Waals surface area contributed by atoms with Gasteiger partial charge in [0.05, 0.1) is 37.5 Å². The number of anilines is 1. The van der Waals surface area contributed by atoms with E-state index in [0.29, 0.717) is 37.3 Å². The molecule has 0 fully saturated rings. The summed E-state index contributed by atoms with van der Waals surface area (Å²) in [5.74, 6) is -0.474. The Hall–Kier alpha value is -4.23. The van der Waals surface area contributed by atoms with Crippen LogP contribution in [-0.2, 0) is 27.9 Å².